The lowest BCUT2D eigenvalue weighted by Crippen LogP contribution is -2.39. The summed E-state index contributed by atoms with van der Waals surface area (Å²) in [5, 5.41) is 31.3. The first kappa shape index (κ1) is 62.6. The second kappa shape index (κ2) is 33.1. The van der Waals surface area contributed by atoms with Crippen LogP contribution in [-0.4, -0.2) is 184 Å². The van der Waals surface area contributed by atoms with Crippen LogP contribution in [0, 0.1) is 0 Å². The van der Waals surface area contributed by atoms with Crippen molar-refractivity contribution < 1.29 is 38.0 Å². The molecular formula is C58H74Cl4N12O8. The second-order valence-electron chi connectivity index (χ2n) is 20.1. The lowest BCUT2D eigenvalue weighted by Gasteiger charge is -2.33. The van der Waals surface area contributed by atoms with Gasteiger partial charge in [0.15, 0.2) is 0 Å². The number of aromatic nitrogens is 6. The van der Waals surface area contributed by atoms with Gasteiger partial charge in [0.2, 0.25) is 0 Å². The van der Waals surface area contributed by atoms with Gasteiger partial charge >= 0.3 is 12.1 Å². The maximum Gasteiger partial charge on any atom is 0.314 e. The van der Waals surface area contributed by atoms with E-state index in [1.807, 2.05) is 48.8 Å². The largest absolute Gasteiger partial charge is 0.377 e. The molecule has 4 aromatic carbocycles. The van der Waals surface area contributed by atoms with Crippen molar-refractivity contribution in [3.05, 3.63) is 139 Å². The SMILES string of the molecule is CN1Cc2c(Cl)cc(Cl)cc2[C@H](c2cccc(-c3cn(CCOCCOCCOCCNC(=O)NCCCCNC(=O)NCCOCCOCCOCCn4cc(-c5cccc([C@@H]6CN(C)Cc7c(Cl)cc(Cl)cc76)c5)nn4)nn3)c2)C1. The Balaban J connectivity index is 0.549. The number of rotatable bonds is 33. The van der Waals surface area contributed by atoms with E-state index in [0.717, 1.165) is 59.8 Å². The molecule has 2 aliphatic rings. The van der Waals surface area contributed by atoms with Gasteiger partial charge < -0.3 is 59.5 Å². The van der Waals surface area contributed by atoms with Crippen molar-refractivity contribution >= 4 is 58.5 Å². The highest BCUT2D eigenvalue weighted by Crippen LogP contribution is 2.41. The molecule has 4 heterocycles. The number of halogens is 4. The Morgan fingerprint density at radius 3 is 1.29 bits per heavy atom. The standard InChI is InChI=1S/C58H74Cl4N12O8/c1-71-35-49(47-31-45(59)33-53(61)51(47)37-71)41-7-5-9-43(29-41)55-39-73(69-67-55)15-19-79-23-27-81-25-21-77-17-13-65-57(75)63-11-3-4-12-64-58(76)66-14-18-78-22-26-82-28-24-80-20-16-74-40-56(68-70-74)44-10-6-8-42(30-44)50-36-72(2)38-52-48(50)32-46(60)34-54(52)62/h5-10,29-34,39-40,49-50H,3-4,11-28,35-38H2,1-2H3,(H2,63,65,75)(H2,64,66,76)/t49-,50-/m0/s1. The molecule has 8 rings (SSSR count). The van der Waals surface area contributed by atoms with Gasteiger partial charge in [-0.2, -0.15) is 0 Å². The molecule has 20 nitrogen and oxygen atoms in total. The Morgan fingerprint density at radius 1 is 0.500 bits per heavy atom. The Hall–Kier alpha value is -5.46. The number of ether oxygens (including phenoxy) is 6. The van der Waals surface area contributed by atoms with Crippen molar-refractivity contribution in [1.29, 1.82) is 0 Å². The molecule has 82 heavy (non-hydrogen) atoms. The molecule has 0 aliphatic carbocycles. The molecule has 2 aliphatic heterocycles. The molecule has 2 atom stereocenters. The highest BCUT2D eigenvalue weighted by atomic mass is 35.5. The molecule has 0 radical (unpaired) electrons. The van der Waals surface area contributed by atoms with Crippen molar-refractivity contribution in [3.8, 4) is 22.5 Å². The predicted molar refractivity (Wildman–Crippen MR) is 317 cm³/mol. The van der Waals surface area contributed by atoms with Gasteiger partial charge in [0.25, 0.3) is 0 Å². The quantitative estimate of drug-likeness (QED) is 0.0287. The van der Waals surface area contributed by atoms with Crippen LogP contribution in [0.4, 0.5) is 9.59 Å². The summed E-state index contributed by atoms with van der Waals surface area (Å²) in [6, 6.07) is 23.9. The van der Waals surface area contributed by atoms with E-state index < -0.39 is 0 Å². The highest BCUT2D eigenvalue weighted by molar-refractivity contribution is 6.35. The lowest BCUT2D eigenvalue weighted by molar-refractivity contribution is 0.0135. The number of hydrogen-bond acceptors (Lipinski definition) is 14. The molecule has 0 spiro atoms. The number of urea groups is 2. The molecule has 0 bridgehead atoms. The summed E-state index contributed by atoms with van der Waals surface area (Å²) < 4.78 is 37.4. The fraction of sp³-hybridized carbons (Fsp3) is 0.483. The number of unbranched alkanes of at least 4 members (excludes halogenated alkanes) is 1. The van der Waals surface area contributed by atoms with Gasteiger partial charge in [0, 0.05) is 95.4 Å². The summed E-state index contributed by atoms with van der Waals surface area (Å²) in [6.07, 6.45) is 5.27. The maximum atomic E-state index is 12.1. The van der Waals surface area contributed by atoms with E-state index in [1.165, 1.54) is 22.3 Å². The van der Waals surface area contributed by atoms with Gasteiger partial charge in [0.1, 0.15) is 11.4 Å². The maximum absolute atomic E-state index is 12.1. The van der Waals surface area contributed by atoms with Crippen molar-refractivity contribution in [2.24, 2.45) is 0 Å². The van der Waals surface area contributed by atoms with Crippen LogP contribution < -0.4 is 21.3 Å². The molecule has 0 unspecified atom stereocenters. The predicted octanol–water partition coefficient (Wildman–Crippen LogP) is 8.15. The molecule has 6 aromatic rings. The number of nitrogens with one attached hydrogen (secondary N) is 4. The molecule has 24 heteroatoms. The minimum atomic E-state index is -0.272. The number of carbonyl (C=O) groups excluding carboxylic acids is 2. The number of amides is 4. The smallest absolute Gasteiger partial charge is 0.314 e. The zero-order valence-corrected chi connectivity index (χ0v) is 49.6. The summed E-state index contributed by atoms with van der Waals surface area (Å²) in [5.41, 5.74) is 10.5. The topological polar surface area (TPSA) is 206 Å². The van der Waals surface area contributed by atoms with Crippen LogP contribution in [-0.2, 0) is 54.6 Å². The van der Waals surface area contributed by atoms with E-state index in [-0.39, 0.29) is 23.9 Å². The Labute approximate surface area is 499 Å². The van der Waals surface area contributed by atoms with Crippen LogP contribution in [0.1, 0.15) is 58.1 Å². The minimum absolute atomic E-state index is 0.134. The van der Waals surface area contributed by atoms with Gasteiger partial charge in [0.05, 0.1) is 105 Å². The fourth-order valence-electron chi connectivity index (χ4n) is 9.82. The van der Waals surface area contributed by atoms with Crippen molar-refractivity contribution in [2.75, 3.05) is 133 Å². The van der Waals surface area contributed by atoms with Crippen LogP contribution in [0.2, 0.25) is 20.1 Å². The lowest BCUT2D eigenvalue weighted by atomic mass is 9.84. The van der Waals surface area contributed by atoms with Crippen molar-refractivity contribution in [3.63, 3.8) is 0 Å². The molecule has 442 valence electrons. The number of likely N-dealkylation sites (N-methyl/N-ethyl adjacent to an activating group) is 2. The summed E-state index contributed by atoms with van der Waals surface area (Å²) >= 11 is 26.0. The molecule has 0 fully saturated rings. The minimum Gasteiger partial charge on any atom is -0.377 e. The molecule has 4 amide bonds. The van der Waals surface area contributed by atoms with Crippen LogP contribution in [0.15, 0.2) is 85.2 Å². The zero-order chi connectivity index (χ0) is 57.5. The summed E-state index contributed by atoms with van der Waals surface area (Å²) in [5.74, 6) is 0.268. The normalized spacial score (nSPS) is 15.3. The second-order valence-corrected chi connectivity index (χ2v) is 21.8. The third-order valence-electron chi connectivity index (χ3n) is 13.9. The average molecular weight is 1210 g/mol. The Bertz CT molecular complexity index is 2780. The summed E-state index contributed by atoms with van der Waals surface area (Å²) in [7, 11) is 4.21. The number of benzene rings is 4. The van der Waals surface area contributed by atoms with Crippen LogP contribution in [0.5, 0.6) is 0 Å². The first-order valence-corrected chi connectivity index (χ1v) is 29.3. The number of carbonyl (C=O) groups is 2. The van der Waals surface area contributed by atoms with Gasteiger partial charge in [-0.3, -0.25) is 0 Å². The number of hydrogen-bond donors (Lipinski definition) is 4. The van der Waals surface area contributed by atoms with E-state index in [4.69, 9.17) is 74.8 Å². The Kier molecular flexibility index (Phi) is 25.3. The number of fused-ring (bicyclic) bond motifs is 2. The summed E-state index contributed by atoms with van der Waals surface area (Å²) in [6.45, 7) is 11.1. The molecule has 4 N–H and O–H groups in total. The monoisotopic (exact) mass is 1210 g/mol. The first-order chi connectivity index (χ1) is 40.0. The summed E-state index contributed by atoms with van der Waals surface area (Å²) in [4.78, 5) is 28.8. The molecule has 2 aromatic heterocycles. The van der Waals surface area contributed by atoms with Crippen LogP contribution in [0.3, 0.4) is 0 Å². The number of nitrogens with zero attached hydrogens (tertiary/aromatic N) is 8. The van der Waals surface area contributed by atoms with E-state index >= 15 is 0 Å². The van der Waals surface area contributed by atoms with E-state index in [9.17, 15) is 9.59 Å². The van der Waals surface area contributed by atoms with Crippen LogP contribution >= 0.6 is 46.4 Å². The van der Waals surface area contributed by atoms with Gasteiger partial charge in [-0.1, -0.05) is 93.2 Å². The van der Waals surface area contributed by atoms with Gasteiger partial charge in [-0.25, -0.2) is 19.0 Å². The average Bonchev–Trinajstić information content (AvgIpc) is 3.76. The third kappa shape index (κ3) is 19.6. The first-order valence-electron chi connectivity index (χ1n) is 27.8. The highest BCUT2D eigenvalue weighted by Gasteiger charge is 2.29. The zero-order valence-electron chi connectivity index (χ0n) is 46.6. The fourth-order valence-corrected chi connectivity index (χ4v) is 11.0. The van der Waals surface area contributed by atoms with E-state index in [2.05, 4.69) is 102 Å². The van der Waals surface area contributed by atoms with E-state index in [0.29, 0.717) is 151 Å². The van der Waals surface area contributed by atoms with E-state index in [1.54, 1.807) is 9.36 Å². The molecular weight excluding hydrogens is 1130 g/mol. The molecule has 0 saturated heterocycles. The molecule has 0 saturated carbocycles. The van der Waals surface area contributed by atoms with Crippen molar-refractivity contribution in [2.45, 2.75) is 50.9 Å². The van der Waals surface area contributed by atoms with Crippen molar-refractivity contribution in [1.82, 2.24) is 61.1 Å². The third-order valence-corrected chi connectivity index (χ3v) is 15.0. The van der Waals surface area contributed by atoms with Crippen LogP contribution in [0.25, 0.3) is 22.5 Å². The van der Waals surface area contributed by atoms with Gasteiger partial charge in [-0.05, 0) is 96.7 Å². The Morgan fingerprint density at radius 2 is 0.878 bits per heavy atom. The van der Waals surface area contributed by atoms with Gasteiger partial charge in [-0.15, -0.1) is 10.2 Å².